The van der Waals surface area contributed by atoms with E-state index in [1.54, 1.807) is 54.4 Å². The first-order valence-corrected chi connectivity index (χ1v) is 18.2. The molecule has 0 aromatic heterocycles. The summed E-state index contributed by atoms with van der Waals surface area (Å²) >= 11 is 6.14. The molecular formula is C33H49ClN6O5S. The molecule has 0 saturated carbocycles. The van der Waals surface area contributed by atoms with Crippen molar-refractivity contribution in [3.63, 3.8) is 0 Å². The summed E-state index contributed by atoms with van der Waals surface area (Å²) in [5.74, 6) is -1.31. The Kier molecular flexibility index (Phi) is 14.9. The second-order valence-electron chi connectivity index (χ2n) is 11.5. The Hall–Kier alpha value is -3.03. The van der Waals surface area contributed by atoms with Crippen LogP contribution in [-0.4, -0.2) is 80.7 Å². The molecule has 13 heteroatoms. The van der Waals surface area contributed by atoms with Crippen LogP contribution in [0.1, 0.15) is 69.1 Å². The van der Waals surface area contributed by atoms with Gasteiger partial charge in [-0.15, -0.1) is 0 Å². The number of carbonyl (C=O) groups is 3. The van der Waals surface area contributed by atoms with Gasteiger partial charge in [0.2, 0.25) is 27.7 Å². The van der Waals surface area contributed by atoms with Gasteiger partial charge in [0, 0.05) is 44.2 Å². The van der Waals surface area contributed by atoms with Gasteiger partial charge in [-0.1, -0.05) is 61.8 Å². The second-order valence-corrected chi connectivity index (χ2v) is 13.7. The zero-order valence-electron chi connectivity index (χ0n) is 27.1. The number of benzene rings is 2. The minimum absolute atomic E-state index is 0.00791. The highest BCUT2D eigenvalue weighted by molar-refractivity contribution is 7.88. The molecule has 0 aliphatic carbocycles. The van der Waals surface area contributed by atoms with E-state index in [0.29, 0.717) is 30.0 Å². The van der Waals surface area contributed by atoms with Crippen molar-refractivity contribution in [2.45, 2.75) is 89.3 Å². The van der Waals surface area contributed by atoms with Gasteiger partial charge in [-0.25, -0.2) is 13.1 Å². The Morgan fingerprint density at radius 2 is 1.76 bits per heavy atom. The largest absolute Gasteiger partial charge is 0.350 e. The molecule has 0 unspecified atom stereocenters. The quantitative estimate of drug-likeness (QED) is 0.254. The Morgan fingerprint density at radius 3 is 2.43 bits per heavy atom. The number of likely N-dealkylation sites (tertiary alicyclic amines) is 1. The van der Waals surface area contributed by atoms with Crippen molar-refractivity contribution in [1.82, 2.24) is 25.2 Å². The fourth-order valence-electron chi connectivity index (χ4n) is 5.89. The number of sulfonamides is 1. The number of carbonyl (C=O) groups excluding carboxylic acids is 3. The summed E-state index contributed by atoms with van der Waals surface area (Å²) in [4.78, 5) is 43.6. The molecule has 0 bridgehead atoms. The molecule has 2 atom stereocenters. The maximum atomic E-state index is 13.9. The molecule has 0 spiro atoms. The lowest BCUT2D eigenvalue weighted by Gasteiger charge is -2.32. The lowest BCUT2D eigenvalue weighted by atomic mass is 10.0. The van der Waals surface area contributed by atoms with Gasteiger partial charge in [-0.3, -0.25) is 14.4 Å². The molecule has 2 aliphatic rings. The molecule has 2 aliphatic heterocycles. The molecule has 2 aromatic rings. The zero-order chi connectivity index (χ0) is 33.7. The van der Waals surface area contributed by atoms with Crippen LogP contribution in [0, 0.1) is 0 Å². The molecule has 2 aromatic carbocycles. The molecule has 5 N–H and O–H groups in total. The van der Waals surface area contributed by atoms with E-state index in [-0.39, 0.29) is 49.5 Å². The Labute approximate surface area is 278 Å². The van der Waals surface area contributed by atoms with Crippen LogP contribution < -0.4 is 21.1 Å². The van der Waals surface area contributed by atoms with Crippen molar-refractivity contribution < 1.29 is 22.8 Å². The lowest BCUT2D eigenvalue weighted by molar-refractivity contribution is -0.140. The zero-order valence-corrected chi connectivity index (χ0v) is 28.7. The van der Waals surface area contributed by atoms with Gasteiger partial charge in [-0.2, -0.15) is 0 Å². The van der Waals surface area contributed by atoms with Gasteiger partial charge in [-0.05, 0) is 74.0 Å². The first-order valence-electron chi connectivity index (χ1n) is 16.1. The molecule has 0 radical (unpaired) electrons. The Morgan fingerprint density at radius 1 is 1.07 bits per heavy atom. The van der Waals surface area contributed by atoms with E-state index in [1.807, 2.05) is 19.9 Å². The van der Waals surface area contributed by atoms with E-state index in [4.69, 9.17) is 17.3 Å². The number of nitrogens with two attached hydrogens (primary N) is 1. The minimum Gasteiger partial charge on any atom is -0.350 e. The summed E-state index contributed by atoms with van der Waals surface area (Å²) in [5, 5.41) is 6.70. The number of nitrogens with zero attached hydrogens (tertiary/aromatic N) is 2. The van der Waals surface area contributed by atoms with Crippen molar-refractivity contribution in [2.24, 2.45) is 5.73 Å². The standard InChI is InChI=1S/C31H43ClN6O5S.C2H6/c1-37(26-13-15-34-16-14-26)29(39)12-11-27(36-44(42,43)21-22-6-3-2-4-7-22)31(41)38-17-5-8-28(38)30(40)35-20-24-18-25(32)10-9-23(24)19-33;1-2/h2-4,6-7,9-10,18,26-28,34,36H,5,8,11-17,19-21,33H2,1H3,(H,35,40);1-2H3/t27-,28+;/m1./s1. The molecule has 3 amide bonds. The van der Waals surface area contributed by atoms with E-state index in [9.17, 15) is 22.8 Å². The summed E-state index contributed by atoms with van der Waals surface area (Å²) in [5.41, 5.74) is 8.05. The number of hydrogen-bond donors (Lipinski definition) is 4. The highest BCUT2D eigenvalue weighted by Crippen LogP contribution is 2.22. The van der Waals surface area contributed by atoms with Crippen LogP contribution in [0.25, 0.3) is 0 Å². The van der Waals surface area contributed by atoms with Crippen LogP contribution in [0.2, 0.25) is 5.02 Å². The third-order valence-electron chi connectivity index (χ3n) is 8.40. The summed E-state index contributed by atoms with van der Waals surface area (Å²) in [7, 11) is -2.19. The van der Waals surface area contributed by atoms with Crippen LogP contribution in [-0.2, 0) is 43.2 Å². The van der Waals surface area contributed by atoms with Crippen molar-refractivity contribution in [3.05, 3.63) is 70.2 Å². The Bertz CT molecular complexity index is 1400. The van der Waals surface area contributed by atoms with Crippen molar-refractivity contribution in [1.29, 1.82) is 0 Å². The third-order valence-corrected chi connectivity index (χ3v) is 9.99. The van der Waals surface area contributed by atoms with Crippen molar-refractivity contribution in [2.75, 3.05) is 26.7 Å². The van der Waals surface area contributed by atoms with Gasteiger partial charge < -0.3 is 26.2 Å². The molecule has 2 saturated heterocycles. The fraction of sp³-hybridized carbons (Fsp3) is 0.545. The van der Waals surface area contributed by atoms with Crippen molar-refractivity contribution in [3.8, 4) is 0 Å². The maximum absolute atomic E-state index is 13.9. The summed E-state index contributed by atoms with van der Waals surface area (Å²) in [6.07, 6.45) is 2.68. The number of rotatable bonds is 13. The molecule has 11 nitrogen and oxygen atoms in total. The SMILES string of the molecule is CC.CN(C(=O)CC[C@@H](NS(=O)(=O)Cc1ccccc1)C(=O)N1CCC[C@H]1C(=O)NCc1cc(Cl)ccc1CN)C1CCNCC1. The average Bonchev–Trinajstić information content (AvgIpc) is 3.56. The Balaban J connectivity index is 0.00000282. The van der Waals surface area contributed by atoms with E-state index in [1.165, 1.54) is 4.90 Å². The topological polar surface area (TPSA) is 154 Å². The summed E-state index contributed by atoms with van der Waals surface area (Å²) in [6, 6.07) is 12.1. The monoisotopic (exact) mass is 676 g/mol. The molecule has 4 rings (SSSR count). The lowest BCUT2D eigenvalue weighted by Crippen LogP contribution is -2.54. The average molecular weight is 677 g/mol. The molecule has 254 valence electrons. The van der Waals surface area contributed by atoms with Crippen LogP contribution in [0.5, 0.6) is 0 Å². The van der Waals surface area contributed by atoms with Crippen molar-refractivity contribution >= 4 is 39.3 Å². The van der Waals surface area contributed by atoms with Gasteiger partial charge in [0.25, 0.3) is 0 Å². The summed E-state index contributed by atoms with van der Waals surface area (Å²) < 4.78 is 29.0. The predicted molar refractivity (Wildman–Crippen MR) is 181 cm³/mol. The highest BCUT2D eigenvalue weighted by Gasteiger charge is 2.38. The van der Waals surface area contributed by atoms with Crippen LogP contribution >= 0.6 is 11.6 Å². The van der Waals surface area contributed by atoms with E-state index in [0.717, 1.165) is 37.1 Å². The number of halogens is 1. The molecule has 2 heterocycles. The number of hydrogen-bond acceptors (Lipinski definition) is 7. The van der Waals surface area contributed by atoms with Crippen LogP contribution in [0.15, 0.2) is 48.5 Å². The maximum Gasteiger partial charge on any atom is 0.243 e. The minimum atomic E-state index is -3.95. The van der Waals surface area contributed by atoms with Gasteiger partial charge in [0.15, 0.2) is 0 Å². The second kappa shape index (κ2) is 18.3. The van der Waals surface area contributed by atoms with E-state index in [2.05, 4.69) is 15.4 Å². The van der Waals surface area contributed by atoms with Crippen LogP contribution in [0.3, 0.4) is 0 Å². The van der Waals surface area contributed by atoms with E-state index >= 15 is 0 Å². The molecule has 2 fully saturated rings. The number of piperidine rings is 1. The van der Waals surface area contributed by atoms with E-state index < -0.39 is 28.0 Å². The predicted octanol–water partition coefficient (Wildman–Crippen LogP) is 2.91. The fourth-order valence-corrected chi connectivity index (χ4v) is 7.45. The van der Waals surface area contributed by atoms with Gasteiger partial charge in [0.05, 0.1) is 5.75 Å². The van der Waals surface area contributed by atoms with Gasteiger partial charge in [0.1, 0.15) is 12.1 Å². The van der Waals surface area contributed by atoms with Crippen LogP contribution in [0.4, 0.5) is 0 Å². The molecule has 46 heavy (non-hydrogen) atoms. The summed E-state index contributed by atoms with van der Waals surface area (Å²) in [6.45, 7) is 6.43. The highest BCUT2D eigenvalue weighted by atomic mass is 35.5. The number of amides is 3. The third kappa shape index (κ3) is 10.8. The first-order chi connectivity index (χ1) is 22.1. The molecular weight excluding hydrogens is 628 g/mol. The smallest absolute Gasteiger partial charge is 0.243 e. The van der Waals surface area contributed by atoms with Gasteiger partial charge >= 0.3 is 0 Å². The first kappa shape index (κ1) is 37.4. The number of nitrogens with one attached hydrogen (secondary N) is 3. The normalized spacial score (nSPS) is 17.5.